The van der Waals surface area contributed by atoms with Gasteiger partial charge in [0.1, 0.15) is 23.1 Å². The first-order valence-corrected chi connectivity index (χ1v) is 13.3. The van der Waals surface area contributed by atoms with E-state index in [1.54, 1.807) is 24.5 Å². The van der Waals surface area contributed by atoms with E-state index in [1.165, 1.54) is 25.3 Å². The topological polar surface area (TPSA) is 138 Å². The molecule has 0 aliphatic heterocycles. The van der Waals surface area contributed by atoms with Crippen molar-refractivity contribution < 1.29 is 44.8 Å². The Bertz CT molecular complexity index is 1400. The second kappa shape index (κ2) is 14.1. The molecule has 0 radical (unpaired) electrons. The number of nitrogens with one attached hydrogen (secondary N) is 2. The number of carbonyl (C=O) groups is 1. The van der Waals surface area contributed by atoms with E-state index in [0.717, 1.165) is 5.56 Å². The number of halogens is 4. The average molecular weight is 605 g/mol. The number of pyridine rings is 2. The van der Waals surface area contributed by atoms with Crippen molar-refractivity contribution in [3.05, 3.63) is 76.7 Å². The van der Waals surface area contributed by atoms with Crippen molar-refractivity contribution in [2.75, 3.05) is 26.9 Å². The number of hydrogen-bond acceptors (Lipinski definition) is 9. The molecule has 0 bridgehead atoms. The maximum Gasteiger partial charge on any atom is 0.423 e. The summed E-state index contributed by atoms with van der Waals surface area (Å²) in [7, 11) is -2.93. The highest BCUT2D eigenvalue weighted by molar-refractivity contribution is 7.85. The number of hydrogen-bond donors (Lipinski definition) is 2. The van der Waals surface area contributed by atoms with Gasteiger partial charge in [0.25, 0.3) is 0 Å². The highest BCUT2D eigenvalue weighted by Crippen LogP contribution is 2.36. The molecule has 0 saturated carbocycles. The fourth-order valence-corrected chi connectivity index (χ4v) is 3.93. The van der Waals surface area contributed by atoms with Crippen LogP contribution in [0.1, 0.15) is 16.7 Å². The van der Waals surface area contributed by atoms with E-state index in [-0.39, 0.29) is 43.5 Å². The predicted molar refractivity (Wildman–Crippen MR) is 136 cm³/mol. The number of rotatable bonds is 13. The number of alkyl halides is 3. The molecule has 2 heterocycles. The van der Waals surface area contributed by atoms with E-state index in [4.69, 9.17) is 25.8 Å². The number of methoxy groups -OCH3 is 1. The van der Waals surface area contributed by atoms with Crippen molar-refractivity contribution >= 4 is 28.0 Å². The van der Waals surface area contributed by atoms with Crippen LogP contribution in [-0.4, -0.2) is 51.3 Å². The third-order valence-electron chi connectivity index (χ3n) is 4.96. The average Bonchev–Trinajstić information content (AvgIpc) is 2.89. The highest BCUT2D eigenvalue weighted by atomic mass is 35.5. The van der Waals surface area contributed by atoms with Gasteiger partial charge in [-0.15, -0.1) is 0 Å². The van der Waals surface area contributed by atoms with Crippen molar-refractivity contribution in [1.29, 1.82) is 0 Å². The van der Waals surface area contributed by atoms with Gasteiger partial charge in [0, 0.05) is 50.4 Å². The van der Waals surface area contributed by atoms with Crippen LogP contribution in [0.15, 0.2) is 55.0 Å². The fraction of sp³-hybridized carbons (Fsp3) is 0.292. The standard InChI is InChI=1S/C24H24ClF3N4O7S/c1-36-9-10-37-19-5-4-17(21(12-19)38-22-20(25)11-18(15-30-22)24(26,27)28)14-31-23(33)39-40(34,35)32-8-6-16-3-2-7-29-13-16/h2-5,7,11-13,15,32H,6,8-10,14H2,1H3,(H,31,33). The summed E-state index contributed by atoms with van der Waals surface area (Å²) in [5.74, 6) is -0.0171. The molecule has 2 aromatic heterocycles. The molecule has 3 aromatic rings. The third kappa shape index (κ3) is 9.82. The summed E-state index contributed by atoms with van der Waals surface area (Å²) in [4.78, 5) is 19.7. The largest absolute Gasteiger partial charge is 0.491 e. The molecular formula is C24H24ClF3N4O7S. The quantitative estimate of drug-likeness (QED) is 0.274. The summed E-state index contributed by atoms with van der Waals surface area (Å²) >= 11 is 5.96. The van der Waals surface area contributed by atoms with E-state index in [9.17, 15) is 26.4 Å². The van der Waals surface area contributed by atoms with E-state index < -0.39 is 33.2 Å². The van der Waals surface area contributed by atoms with Gasteiger partial charge < -0.3 is 23.7 Å². The molecule has 0 fully saturated rings. The zero-order valence-corrected chi connectivity index (χ0v) is 22.5. The van der Waals surface area contributed by atoms with E-state index >= 15 is 0 Å². The van der Waals surface area contributed by atoms with Crippen LogP contribution in [0.3, 0.4) is 0 Å². The molecule has 0 aliphatic rings. The minimum atomic E-state index is -4.66. The molecule has 11 nitrogen and oxygen atoms in total. The Labute approximate surface area is 232 Å². The number of aromatic nitrogens is 2. The Balaban J connectivity index is 1.67. The molecule has 40 heavy (non-hydrogen) atoms. The molecule has 0 atom stereocenters. The Morgan fingerprint density at radius 3 is 2.60 bits per heavy atom. The molecule has 0 aliphatic carbocycles. The molecular weight excluding hydrogens is 581 g/mol. The molecule has 1 aromatic carbocycles. The van der Waals surface area contributed by atoms with Crippen LogP contribution in [0, 0.1) is 0 Å². The first-order chi connectivity index (χ1) is 19.0. The van der Waals surface area contributed by atoms with Crippen molar-refractivity contribution in [1.82, 2.24) is 20.0 Å². The second-order valence-corrected chi connectivity index (χ2v) is 9.68. The van der Waals surface area contributed by atoms with Crippen molar-refractivity contribution in [3.63, 3.8) is 0 Å². The molecule has 0 unspecified atom stereocenters. The van der Waals surface area contributed by atoms with Crippen molar-refractivity contribution in [2.24, 2.45) is 0 Å². The maximum atomic E-state index is 13.0. The summed E-state index contributed by atoms with van der Waals surface area (Å²) in [6.45, 7) is 0.133. The highest BCUT2D eigenvalue weighted by Gasteiger charge is 2.32. The fourth-order valence-electron chi connectivity index (χ4n) is 3.06. The van der Waals surface area contributed by atoms with E-state index in [2.05, 4.69) is 24.2 Å². The summed E-state index contributed by atoms with van der Waals surface area (Å²) in [5, 5.41) is 1.86. The minimum Gasteiger partial charge on any atom is -0.491 e. The Kier molecular flexibility index (Phi) is 10.9. The van der Waals surface area contributed by atoms with Crippen LogP contribution in [0.4, 0.5) is 18.0 Å². The molecule has 2 N–H and O–H groups in total. The number of carbonyl (C=O) groups excluding carboxylic acids is 1. The monoisotopic (exact) mass is 604 g/mol. The SMILES string of the molecule is COCCOc1ccc(CNC(=O)OS(=O)(=O)NCCc2cccnc2)c(Oc2ncc(C(F)(F)F)cc2Cl)c1. The van der Waals surface area contributed by atoms with Gasteiger partial charge >= 0.3 is 22.6 Å². The van der Waals surface area contributed by atoms with Gasteiger partial charge in [-0.3, -0.25) is 4.98 Å². The number of benzene rings is 1. The van der Waals surface area contributed by atoms with Crippen LogP contribution in [0.25, 0.3) is 0 Å². The molecule has 16 heteroatoms. The second-order valence-electron chi connectivity index (χ2n) is 7.91. The Hall–Kier alpha value is -3.66. The van der Waals surface area contributed by atoms with Crippen LogP contribution in [0.2, 0.25) is 5.02 Å². The van der Waals surface area contributed by atoms with E-state index in [1.807, 2.05) is 0 Å². The summed E-state index contributed by atoms with van der Waals surface area (Å²) in [6, 6.07) is 8.52. The normalized spacial score (nSPS) is 11.6. The van der Waals surface area contributed by atoms with Gasteiger partial charge in [-0.1, -0.05) is 17.7 Å². The van der Waals surface area contributed by atoms with Gasteiger partial charge in [-0.05, 0) is 36.2 Å². The van der Waals surface area contributed by atoms with Crippen LogP contribution < -0.4 is 19.5 Å². The van der Waals surface area contributed by atoms with Gasteiger partial charge in [0.2, 0.25) is 5.88 Å². The van der Waals surface area contributed by atoms with Gasteiger partial charge in [0.15, 0.2) is 0 Å². The smallest absolute Gasteiger partial charge is 0.423 e. The lowest BCUT2D eigenvalue weighted by Crippen LogP contribution is -2.34. The summed E-state index contributed by atoms with van der Waals surface area (Å²) in [5.41, 5.74) is -0.0170. The van der Waals surface area contributed by atoms with Gasteiger partial charge in [-0.25, -0.2) is 9.78 Å². The van der Waals surface area contributed by atoms with Crippen molar-refractivity contribution in [3.8, 4) is 17.4 Å². The lowest BCUT2D eigenvalue weighted by molar-refractivity contribution is -0.137. The Morgan fingerprint density at radius 1 is 1.12 bits per heavy atom. The van der Waals surface area contributed by atoms with Crippen LogP contribution >= 0.6 is 11.6 Å². The lowest BCUT2D eigenvalue weighted by Gasteiger charge is -2.15. The Morgan fingerprint density at radius 2 is 1.93 bits per heavy atom. The first-order valence-electron chi connectivity index (χ1n) is 11.5. The molecule has 3 rings (SSSR count). The van der Waals surface area contributed by atoms with Gasteiger partial charge in [-0.2, -0.15) is 26.3 Å². The predicted octanol–water partition coefficient (Wildman–Crippen LogP) is 4.27. The van der Waals surface area contributed by atoms with Gasteiger partial charge in [0.05, 0.1) is 12.2 Å². The molecule has 1 amide bonds. The van der Waals surface area contributed by atoms with Crippen molar-refractivity contribution in [2.45, 2.75) is 19.1 Å². The van der Waals surface area contributed by atoms with Crippen LogP contribution in [0.5, 0.6) is 17.4 Å². The maximum absolute atomic E-state index is 13.0. The minimum absolute atomic E-state index is 0.0156. The number of amides is 1. The lowest BCUT2D eigenvalue weighted by atomic mass is 10.2. The number of ether oxygens (including phenoxy) is 3. The molecule has 0 spiro atoms. The first kappa shape index (κ1) is 30.9. The molecule has 0 saturated heterocycles. The summed E-state index contributed by atoms with van der Waals surface area (Å²) in [6.07, 6.45) is -1.92. The summed E-state index contributed by atoms with van der Waals surface area (Å²) < 4.78 is 85.8. The van der Waals surface area contributed by atoms with Crippen LogP contribution in [-0.2, 0) is 38.4 Å². The van der Waals surface area contributed by atoms with E-state index in [0.29, 0.717) is 24.4 Å². The zero-order chi connectivity index (χ0) is 29.2. The third-order valence-corrected chi connectivity index (χ3v) is 6.16. The number of nitrogens with zero attached hydrogens (tertiary/aromatic N) is 2. The zero-order valence-electron chi connectivity index (χ0n) is 20.9. The molecule has 216 valence electrons.